The quantitative estimate of drug-likeness (QED) is 0.841. The highest BCUT2D eigenvalue weighted by Crippen LogP contribution is 2.22. The topological polar surface area (TPSA) is 42.7 Å². The van der Waals surface area contributed by atoms with Crippen LogP contribution in [-0.4, -0.2) is 27.3 Å². The summed E-state index contributed by atoms with van der Waals surface area (Å²) in [4.78, 5) is 1.20. The Morgan fingerprint density at radius 1 is 1.33 bits per heavy atom. The van der Waals surface area contributed by atoms with Gasteiger partial charge in [-0.3, -0.25) is 0 Å². The maximum Gasteiger partial charge on any atom is 0.0969 e. The van der Waals surface area contributed by atoms with Crippen molar-refractivity contribution in [3.05, 3.63) is 36.2 Å². The fraction of sp³-hybridized carbons (Fsp3) is 0.385. The van der Waals surface area contributed by atoms with Gasteiger partial charge < -0.3 is 5.32 Å². The van der Waals surface area contributed by atoms with Gasteiger partial charge >= 0.3 is 0 Å². The smallest absolute Gasteiger partial charge is 0.0969 e. The van der Waals surface area contributed by atoms with E-state index in [1.165, 1.54) is 4.90 Å². The Balaban J connectivity index is 2.18. The number of hydrogen-bond acceptors (Lipinski definition) is 4. The second kappa shape index (κ2) is 6.02. The first-order valence-corrected chi connectivity index (χ1v) is 7.21. The third kappa shape index (κ3) is 3.11. The number of benzene rings is 1. The number of thioether (sulfide) groups is 1. The van der Waals surface area contributed by atoms with Crippen molar-refractivity contribution < 1.29 is 0 Å². The minimum atomic E-state index is 0.452. The van der Waals surface area contributed by atoms with Crippen molar-refractivity contribution in [2.75, 3.05) is 6.26 Å². The Hall–Kier alpha value is -1.33. The Morgan fingerprint density at radius 3 is 2.83 bits per heavy atom. The van der Waals surface area contributed by atoms with Crippen LogP contribution in [0.5, 0.6) is 0 Å². The van der Waals surface area contributed by atoms with E-state index in [4.69, 9.17) is 0 Å². The fourth-order valence-electron chi connectivity index (χ4n) is 1.62. The lowest BCUT2D eigenvalue weighted by Crippen LogP contribution is -2.21. The SMILES string of the molecule is CSc1ccccc1-n1cc(CNC(C)C)nn1. The largest absolute Gasteiger partial charge is 0.309 e. The van der Waals surface area contributed by atoms with Crippen LogP contribution >= 0.6 is 11.8 Å². The van der Waals surface area contributed by atoms with Gasteiger partial charge in [-0.2, -0.15) is 0 Å². The summed E-state index contributed by atoms with van der Waals surface area (Å²) in [6.45, 7) is 4.99. The first-order chi connectivity index (χ1) is 8.70. The van der Waals surface area contributed by atoms with Crippen molar-refractivity contribution in [1.82, 2.24) is 20.3 Å². The highest BCUT2D eigenvalue weighted by atomic mass is 32.2. The summed E-state index contributed by atoms with van der Waals surface area (Å²) < 4.78 is 1.84. The van der Waals surface area contributed by atoms with Gasteiger partial charge in [-0.25, -0.2) is 4.68 Å². The lowest BCUT2D eigenvalue weighted by Gasteiger charge is -2.06. The molecule has 96 valence electrons. The van der Waals surface area contributed by atoms with E-state index in [9.17, 15) is 0 Å². The Bertz CT molecular complexity index is 507. The van der Waals surface area contributed by atoms with Crippen LogP contribution in [0.15, 0.2) is 35.4 Å². The lowest BCUT2D eigenvalue weighted by atomic mass is 10.3. The number of nitrogens with one attached hydrogen (secondary N) is 1. The van der Waals surface area contributed by atoms with E-state index in [0.29, 0.717) is 6.04 Å². The highest BCUT2D eigenvalue weighted by Gasteiger charge is 2.06. The van der Waals surface area contributed by atoms with E-state index in [-0.39, 0.29) is 0 Å². The third-order valence-electron chi connectivity index (χ3n) is 2.56. The minimum absolute atomic E-state index is 0.452. The van der Waals surface area contributed by atoms with Gasteiger partial charge in [0.2, 0.25) is 0 Å². The molecule has 0 spiro atoms. The molecule has 0 saturated heterocycles. The van der Waals surface area contributed by atoms with Gasteiger partial charge in [0.1, 0.15) is 0 Å². The van der Waals surface area contributed by atoms with Gasteiger partial charge in [0.05, 0.1) is 17.6 Å². The van der Waals surface area contributed by atoms with Gasteiger partial charge in [-0.05, 0) is 18.4 Å². The van der Waals surface area contributed by atoms with E-state index in [2.05, 4.69) is 47.9 Å². The van der Waals surface area contributed by atoms with Gasteiger partial charge in [-0.15, -0.1) is 16.9 Å². The average molecular weight is 262 g/mol. The fourth-order valence-corrected chi connectivity index (χ4v) is 2.21. The number of hydrogen-bond donors (Lipinski definition) is 1. The molecule has 0 aliphatic heterocycles. The van der Waals surface area contributed by atoms with Gasteiger partial charge in [0.25, 0.3) is 0 Å². The molecule has 0 aliphatic rings. The standard InChI is InChI=1S/C13H18N4S/c1-10(2)14-8-11-9-17(16-15-11)12-6-4-5-7-13(12)18-3/h4-7,9-10,14H,8H2,1-3H3. The zero-order valence-corrected chi connectivity index (χ0v) is 11.7. The molecular weight excluding hydrogens is 244 g/mol. The molecule has 1 heterocycles. The van der Waals surface area contributed by atoms with E-state index >= 15 is 0 Å². The molecule has 0 bridgehead atoms. The predicted octanol–water partition coefficient (Wildman–Crippen LogP) is 2.49. The molecule has 1 N–H and O–H groups in total. The van der Waals surface area contributed by atoms with Crippen LogP contribution in [0.4, 0.5) is 0 Å². The summed E-state index contributed by atoms with van der Waals surface area (Å²) in [6.07, 6.45) is 4.04. The molecule has 0 fully saturated rings. The maximum absolute atomic E-state index is 4.19. The molecule has 0 aliphatic carbocycles. The van der Waals surface area contributed by atoms with Crippen LogP contribution < -0.4 is 5.32 Å². The second-order valence-corrected chi connectivity index (χ2v) is 5.21. The summed E-state index contributed by atoms with van der Waals surface area (Å²) in [5.41, 5.74) is 2.04. The van der Waals surface area contributed by atoms with Gasteiger partial charge in [-0.1, -0.05) is 31.2 Å². The first-order valence-electron chi connectivity index (χ1n) is 5.98. The molecule has 2 rings (SSSR count). The maximum atomic E-state index is 4.19. The molecule has 2 aromatic rings. The number of nitrogens with zero attached hydrogens (tertiary/aromatic N) is 3. The van der Waals surface area contributed by atoms with Crippen molar-refractivity contribution in [3.8, 4) is 5.69 Å². The summed E-state index contributed by atoms with van der Waals surface area (Å²) >= 11 is 1.71. The van der Waals surface area contributed by atoms with Crippen molar-refractivity contribution in [2.24, 2.45) is 0 Å². The molecule has 0 unspecified atom stereocenters. The summed E-state index contributed by atoms with van der Waals surface area (Å²) in [5.74, 6) is 0. The molecule has 0 saturated carbocycles. The summed E-state index contributed by atoms with van der Waals surface area (Å²) in [5, 5.41) is 11.7. The minimum Gasteiger partial charge on any atom is -0.309 e. The molecule has 5 heteroatoms. The average Bonchev–Trinajstić information content (AvgIpc) is 2.85. The van der Waals surface area contributed by atoms with E-state index < -0.39 is 0 Å². The monoisotopic (exact) mass is 262 g/mol. The number of aromatic nitrogens is 3. The van der Waals surface area contributed by atoms with Crippen LogP contribution in [0.1, 0.15) is 19.5 Å². The summed E-state index contributed by atoms with van der Waals surface area (Å²) in [7, 11) is 0. The number of para-hydroxylation sites is 1. The molecule has 4 nitrogen and oxygen atoms in total. The summed E-state index contributed by atoms with van der Waals surface area (Å²) in [6, 6.07) is 8.65. The van der Waals surface area contributed by atoms with Crippen molar-refractivity contribution in [1.29, 1.82) is 0 Å². The van der Waals surface area contributed by atoms with Crippen LogP contribution in [0.2, 0.25) is 0 Å². The number of rotatable bonds is 5. The molecule has 1 aromatic carbocycles. The Kier molecular flexibility index (Phi) is 4.38. The van der Waals surface area contributed by atoms with E-state index in [1.807, 2.05) is 23.0 Å². The van der Waals surface area contributed by atoms with Gasteiger partial charge in [0, 0.05) is 17.5 Å². The predicted molar refractivity (Wildman–Crippen MR) is 75.1 cm³/mol. The van der Waals surface area contributed by atoms with E-state index in [0.717, 1.165) is 17.9 Å². The van der Waals surface area contributed by atoms with Crippen molar-refractivity contribution in [2.45, 2.75) is 31.3 Å². The Morgan fingerprint density at radius 2 is 2.11 bits per heavy atom. The lowest BCUT2D eigenvalue weighted by molar-refractivity contribution is 0.580. The zero-order chi connectivity index (χ0) is 13.0. The highest BCUT2D eigenvalue weighted by molar-refractivity contribution is 7.98. The van der Waals surface area contributed by atoms with Crippen molar-refractivity contribution in [3.63, 3.8) is 0 Å². The van der Waals surface area contributed by atoms with Crippen molar-refractivity contribution >= 4 is 11.8 Å². The van der Waals surface area contributed by atoms with Crippen LogP contribution in [-0.2, 0) is 6.54 Å². The molecule has 0 radical (unpaired) electrons. The second-order valence-electron chi connectivity index (χ2n) is 4.36. The third-order valence-corrected chi connectivity index (χ3v) is 3.35. The van der Waals surface area contributed by atoms with Crippen LogP contribution in [0.25, 0.3) is 5.69 Å². The van der Waals surface area contributed by atoms with Crippen LogP contribution in [0, 0.1) is 0 Å². The Labute approximate surface area is 112 Å². The van der Waals surface area contributed by atoms with Gasteiger partial charge in [0.15, 0.2) is 0 Å². The first kappa shape index (κ1) is 13.1. The normalized spacial score (nSPS) is 11.1. The zero-order valence-electron chi connectivity index (χ0n) is 10.9. The molecule has 18 heavy (non-hydrogen) atoms. The molecule has 0 atom stereocenters. The van der Waals surface area contributed by atoms with E-state index in [1.54, 1.807) is 11.8 Å². The van der Waals surface area contributed by atoms with Crippen LogP contribution in [0.3, 0.4) is 0 Å². The molecule has 0 amide bonds. The molecular formula is C13H18N4S. The molecule has 1 aromatic heterocycles.